The van der Waals surface area contributed by atoms with Gasteiger partial charge in [0.05, 0.1) is 5.69 Å². The first-order valence-electron chi connectivity index (χ1n) is 9.36. The zero-order valence-electron chi connectivity index (χ0n) is 16.9. The van der Waals surface area contributed by atoms with Crippen molar-refractivity contribution >= 4 is 40.7 Å². The van der Waals surface area contributed by atoms with E-state index in [1.165, 1.54) is 0 Å². The van der Waals surface area contributed by atoms with Crippen LogP contribution in [0.1, 0.15) is 33.7 Å². The van der Waals surface area contributed by atoms with Crippen LogP contribution in [-0.4, -0.2) is 32.0 Å². The van der Waals surface area contributed by atoms with E-state index in [1.54, 1.807) is 28.6 Å². The number of aryl methyl sites for hydroxylation is 4. The summed E-state index contributed by atoms with van der Waals surface area (Å²) in [6, 6.07) is 5.38. The Morgan fingerprint density at radius 3 is 2.43 bits per heavy atom. The number of hydrogen-bond donors (Lipinski definition) is 1. The molecule has 1 N–H and O–H groups in total. The standard InChI is InChI=1S/C20H22Cl3N5O2/c1-12-9-15(10-13(2)17(12)21)30-11-27-8-5-16(26-27)20(29)24-6-4-7-28-19(23)18(22)14(3)25-28/h5,8-10H,4,6-7,11H2,1-3H3,(H,24,29). The summed E-state index contributed by atoms with van der Waals surface area (Å²) in [5.74, 6) is 0.441. The van der Waals surface area contributed by atoms with Gasteiger partial charge in [-0.3, -0.25) is 9.48 Å². The predicted octanol–water partition coefficient (Wildman–Crippen LogP) is 4.82. The fraction of sp³-hybridized carbons (Fsp3) is 0.350. The number of carbonyl (C=O) groups is 1. The van der Waals surface area contributed by atoms with Gasteiger partial charge in [0.2, 0.25) is 0 Å². The highest BCUT2D eigenvalue weighted by Gasteiger charge is 2.12. The highest BCUT2D eigenvalue weighted by molar-refractivity contribution is 6.41. The minimum absolute atomic E-state index is 0.186. The van der Waals surface area contributed by atoms with Crippen molar-refractivity contribution in [2.24, 2.45) is 0 Å². The van der Waals surface area contributed by atoms with Gasteiger partial charge in [0, 0.05) is 24.3 Å². The Kier molecular flexibility index (Phi) is 7.28. The number of carbonyl (C=O) groups excluding carboxylic acids is 1. The summed E-state index contributed by atoms with van der Waals surface area (Å²) in [4.78, 5) is 12.3. The zero-order valence-corrected chi connectivity index (χ0v) is 19.1. The number of nitrogens with zero attached hydrogens (tertiary/aromatic N) is 4. The number of nitrogens with one attached hydrogen (secondary N) is 1. The van der Waals surface area contributed by atoms with Crippen LogP contribution in [-0.2, 0) is 13.3 Å². The number of rotatable bonds is 8. The Morgan fingerprint density at radius 2 is 1.80 bits per heavy atom. The van der Waals surface area contributed by atoms with Crippen LogP contribution in [0.3, 0.4) is 0 Å². The summed E-state index contributed by atoms with van der Waals surface area (Å²) < 4.78 is 8.93. The molecule has 0 saturated heterocycles. The van der Waals surface area contributed by atoms with Crippen molar-refractivity contribution in [2.45, 2.75) is 40.5 Å². The number of ether oxygens (including phenoxy) is 1. The number of aromatic nitrogens is 4. The number of hydrogen-bond acceptors (Lipinski definition) is 4. The number of amides is 1. The van der Waals surface area contributed by atoms with E-state index >= 15 is 0 Å². The van der Waals surface area contributed by atoms with Gasteiger partial charge in [-0.1, -0.05) is 34.8 Å². The van der Waals surface area contributed by atoms with E-state index in [0.29, 0.717) is 46.8 Å². The first kappa shape index (κ1) is 22.5. The van der Waals surface area contributed by atoms with Crippen LogP contribution in [0.25, 0.3) is 0 Å². The lowest BCUT2D eigenvalue weighted by atomic mass is 10.1. The summed E-state index contributed by atoms with van der Waals surface area (Å²) in [7, 11) is 0. The van der Waals surface area contributed by atoms with Gasteiger partial charge < -0.3 is 10.1 Å². The highest BCUT2D eigenvalue weighted by Crippen LogP contribution is 2.26. The molecule has 160 valence electrons. The quantitative estimate of drug-likeness (QED) is 0.479. The first-order chi connectivity index (χ1) is 14.3. The van der Waals surface area contributed by atoms with E-state index < -0.39 is 0 Å². The van der Waals surface area contributed by atoms with E-state index in [-0.39, 0.29) is 12.6 Å². The molecule has 30 heavy (non-hydrogen) atoms. The molecule has 7 nitrogen and oxygen atoms in total. The van der Waals surface area contributed by atoms with Gasteiger partial charge in [0.1, 0.15) is 21.6 Å². The lowest BCUT2D eigenvalue weighted by Crippen LogP contribution is -2.26. The number of halogens is 3. The van der Waals surface area contributed by atoms with Crippen molar-refractivity contribution in [1.29, 1.82) is 0 Å². The second-order valence-electron chi connectivity index (χ2n) is 6.91. The van der Waals surface area contributed by atoms with Crippen LogP contribution in [0.15, 0.2) is 24.4 Å². The van der Waals surface area contributed by atoms with Gasteiger partial charge in [-0.2, -0.15) is 10.2 Å². The Labute approximate surface area is 189 Å². The summed E-state index contributed by atoms with van der Waals surface area (Å²) in [6.07, 6.45) is 2.35. The van der Waals surface area contributed by atoms with Crippen molar-refractivity contribution in [3.05, 3.63) is 62.1 Å². The summed E-state index contributed by atoms with van der Waals surface area (Å²) in [5.41, 5.74) is 2.89. The highest BCUT2D eigenvalue weighted by atomic mass is 35.5. The smallest absolute Gasteiger partial charge is 0.271 e. The molecule has 0 aliphatic heterocycles. The molecule has 10 heteroatoms. The number of benzene rings is 1. The zero-order chi connectivity index (χ0) is 21.8. The Bertz CT molecular complexity index is 1040. The molecule has 1 amide bonds. The predicted molar refractivity (Wildman–Crippen MR) is 118 cm³/mol. The van der Waals surface area contributed by atoms with E-state index in [0.717, 1.165) is 16.1 Å². The molecular weight excluding hydrogens is 449 g/mol. The molecule has 2 aromatic heterocycles. The fourth-order valence-electron chi connectivity index (χ4n) is 2.89. The Hall–Kier alpha value is -2.22. The Morgan fingerprint density at radius 1 is 1.10 bits per heavy atom. The second-order valence-corrected chi connectivity index (χ2v) is 8.02. The lowest BCUT2D eigenvalue weighted by Gasteiger charge is -2.10. The molecule has 0 aliphatic carbocycles. The third kappa shape index (κ3) is 5.28. The molecule has 3 rings (SSSR count). The van der Waals surface area contributed by atoms with Crippen molar-refractivity contribution < 1.29 is 9.53 Å². The van der Waals surface area contributed by atoms with Crippen LogP contribution in [0.4, 0.5) is 0 Å². The van der Waals surface area contributed by atoms with Gasteiger partial charge >= 0.3 is 0 Å². The van der Waals surface area contributed by atoms with Crippen LogP contribution in [0.5, 0.6) is 5.75 Å². The molecule has 0 fully saturated rings. The molecule has 0 radical (unpaired) electrons. The van der Waals surface area contributed by atoms with Crippen LogP contribution in [0.2, 0.25) is 15.2 Å². The molecule has 2 heterocycles. The third-order valence-corrected chi connectivity index (χ3v) is 6.00. The maximum Gasteiger partial charge on any atom is 0.271 e. The van der Waals surface area contributed by atoms with Gasteiger partial charge in [0.15, 0.2) is 6.73 Å². The fourth-order valence-corrected chi connectivity index (χ4v) is 3.39. The second kappa shape index (κ2) is 9.73. The largest absolute Gasteiger partial charge is 0.471 e. The lowest BCUT2D eigenvalue weighted by molar-refractivity contribution is 0.0945. The molecule has 0 unspecified atom stereocenters. The molecule has 1 aromatic carbocycles. The average Bonchev–Trinajstić information content (AvgIpc) is 3.28. The van der Waals surface area contributed by atoms with Crippen LogP contribution >= 0.6 is 34.8 Å². The SMILES string of the molecule is Cc1cc(OCn2ccc(C(=O)NCCCn3nc(C)c(Cl)c3Cl)n2)cc(C)c1Cl. The average molecular weight is 471 g/mol. The Balaban J connectivity index is 1.47. The van der Waals surface area contributed by atoms with E-state index in [4.69, 9.17) is 39.5 Å². The molecular formula is C20H22Cl3N5O2. The molecule has 0 bridgehead atoms. The van der Waals surface area contributed by atoms with Gasteiger partial charge in [-0.25, -0.2) is 4.68 Å². The first-order valence-corrected chi connectivity index (χ1v) is 10.5. The van der Waals surface area contributed by atoms with E-state index in [2.05, 4.69) is 15.5 Å². The summed E-state index contributed by atoms with van der Waals surface area (Å²) in [6.45, 7) is 6.84. The molecule has 0 aliphatic rings. The van der Waals surface area contributed by atoms with Crippen LogP contribution < -0.4 is 10.1 Å². The van der Waals surface area contributed by atoms with Gasteiger partial charge in [-0.15, -0.1) is 0 Å². The topological polar surface area (TPSA) is 74.0 Å². The van der Waals surface area contributed by atoms with Gasteiger partial charge in [-0.05, 0) is 56.5 Å². The molecule has 3 aromatic rings. The summed E-state index contributed by atoms with van der Waals surface area (Å²) >= 11 is 18.3. The maximum absolute atomic E-state index is 12.3. The minimum Gasteiger partial charge on any atom is -0.471 e. The van der Waals surface area contributed by atoms with E-state index in [9.17, 15) is 4.79 Å². The maximum atomic E-state index is 12.3. The van der Waals surface area contributed by atoms with Crippen molar-refractivity contribution in [3.8, 4) is 5.75 Å². The molecule has 0 spiro atoms. The minimum atomic E-state index is -0.257. The van der Waals surface area contributed by atoms with Crippen molar-refractivity contribution in [1.82, 2.24) is 24.9 Å². The van der Waals surface area contributed by atoms with E-state index in [1.807, 2.05) is 26.0 Å². The van der Waals surface area contributed by atoms with Crippen molar-refractivity contribution in [3.63, 3.8) is 0 Å². The van der Waals surface area contributed by atoms with Crippen molar-refractivity contribution in [2.75, 3.05) is 6.54 Å². The normalized spacial score (nSPS) is 11.0. The van der Waals surface area contributed by atoms with Gasteiger partial charge in [0.25, 0.3) is 5.91 Å². The summed E-state index contributed by atoms with van der Waals surface area (Å²) in [5, 5.41) is 12.9. The monoisotopic (exact) mass is 469 g/mol. The molecule has 0 atom stereocenters. The third-order valence-electron chi connectivity index (χ3n) is 4.48. The van der Waals surface area contributed by atoms with Crippen LogP contribution in [0, 0.1) is 20.8 Å². The molecule has 0 saturated carbocycles.